The monoisotopic (exact) mass is 451 g/mol. The molecule has 2 aromatic carbocycles. The molecule has 0 bridgehead atoms. The average Bonchev–Trinajstić information content (AvgIpc) is 3.23. The fourth-order valence-electron chi connectivity index (χ4n) is 3.78. The molecule has 0 N–H and O–H groups in total. The molecular weight excluding hydrogens is 435 g/mol. The molecule has 0 unspecified atom stereocenters. The van der Waals surface area contributed by atoms with Crippen molar-refractivity contribution in [1.82, 2.24) is 14.8 Å². The summed E-state index contributed by atoms with van der Waals surface area (Å²) in [5.41, 5.74) is 0.787. The van der Waals surface area contributed by atoms with E-state index in [1.807, 2.05) is 36.4 Å². The number of thiophene rings is 1. The lowest BCUT2D eigenvalue weighted by Crippen LogP contribution is -2.23. The van der Waals surface area contributed by atoms with Gasteiger partial charge in [-0.1, -0.05) is 42.5 Å². The van der Waals surface area contributed by atoms with Crippen molar-refractivity contribution in [2.24, 2.45) is 0 Å². The van der Waals surface area contributed by atoms with Gasteiger partial charge in [0.25, 0.3) is 5.56 Å². The Morgan fingerprint density at radius 2 is 1.72 bits per heavy atom. The van der Waals surface area contributed by atoms with Crippen molar-refractivity contribution in [2.45, 2.75) is 19.1 Å². The van der Waals surface area contributed by atoms with Crippen molar-refractivity contribution in [3.63, 3.8) is 0 Å². The second-order valence-corrected chi connectivity index (χ2v) is 8.26. The Labute approximate surface area is 184 Å². The third kappa shape index (κ3) is 3.67. The second-order valence-electron chi connectivity index (χ2n) is 7.35. The Hall–Kier alpha value is -3.52. The van der Waals surface area contributed by atoms with Gasteiger partial charge in [0.05, 0.1) is 33.9 Å². The van der Waals surface area contributed by atoms with E-state index in [1.54, 1.807) is 11.4 Å². The quantitative estimate of drug-likeness (QED) is 0.340. The molecule has 32 heavy (non-hydrogen) atoms. The van der Waals surface area contributed by atoms with Crippen LogP contribution in [0.2, 0.25) is 0 Å². The van der Waals surface area contributed by atoms with E-state index in [2.05, 4.69) is 10.1 Å². The van der Waals surface area contributed by atoms with Gasteiger partial charge < -0.3 is 0 Å². The van der Waals surface area contributed by atoms with E-state index in [9.17, 15) is 18.0 Å². The first-order valence-electron chi connectivity index (χ1n) is 9.90. The highest BCUT2D eigenvalue weighted by Crippen LogP contribution is 2.40. The van der Waals surface area contributed by atoms with Gasteiger partial charge in [-0.15, -0.1) is 11.3 Å². The Morgan fingerprint density at radius 1 is 0.938 bits per heavy atom. The Kier molecular flexibility index (Phi) is 5.01. The van der Waals surface area contributed by atoms with Crippen LogP contribution in [-0.4, -0.2) is 14.8 Å². The number of alkyl halides is 3. The van der Waals surface area contributed by atoms with E-state index in [0.717, 1.165) is 22.7 Å². The highest BCUT2D eigenvalue weighted by Gasteiger charge is 2.34. The Balaban J connectivity index is 1.53. The summed E-state index contributed by atoms with van der Waals surface area (Å²) in [7, 11) is 0. The van der Waals surface area contributed by atoms with Gasteiger partial charge in [0.1, 0.15) is 0 Å². The maximum absolute atomic E-state index is 13.5. The van der Waals surface area contributed by atoms with Crippen LogP contribution in [-0.2, 0) is 19.1 Å². The minimum atomic E-state index is -4.52. The lowest BCUT2D eigenvalue weighted by Gasteiger charge is -2.12. The van der Waals surface area contributed by atoms with Gasteiger partial charge in [0, 0.05) is 28.4 Å². The molecule has 0 saturated heterocycles. The first kappa shape index (κ1) is 20.4. The minimum absolute atomic E-state index is 0.00250. The summed E-state index contributed by atoms with van der Waals surface area (Å²) in [6, 6.07) is 16.9. The van der Waals surface area contributed by atoms with E-state index >= 15 is 0 Å². The summed E-state index contributed by atoms with van der Waals surface area (Å²) in [5, 5.41) is 7.10. The predicted octanol–water partition coefficient (Wildman–Crippen LogP) is 5.93. The van der Waals surface area contributed by atoms with E-state index in [0.29, 0.717) is 11.1 Å². The number of halogens is 3. The van der Waals surface area contributed by atoms with Gasteiger partial charge >= 0.3 is 6.18 Å². The van der Waals surface area contributed by atoms with Crippen molar-refractivity contribution in [3.8, 4) is 11.1 Å². The molecule has 0 radical (unpaired) electrons. The van der Waals surface area contributed by atoms with Crippen molar-refractivity contribution in [1.29, 1.82) is 0 Å². The topological polar surface area (TPSA) is 47.8 Å². The molecule has 160 valence electrons. The third-order valence-corrected chi connectivity index (χ3v) is 6.26. The van der Waals surface area contributed by atoms with Gasteiger partial charge in [-0.2, -0.15) is 18.3 Å². The molecule has 0 aliphatic heterocycles. The number of pyridine rings is 1. The van der Waals surface area contributed by atoms with Gasteiger partial charge in [0.2, 0.25) is 0 Å². The van der Waals surface area contributed by atoms with Crippen LogP contribution in [0.4, 0.5) is 13.2 Å². The zero-order chi connectivity index (χ0) is 22.3. The van der Waals surface area contributed by atoms with Crippen molar-refractivity contribution in [3.05, 3.63) is 93.9 Å². The number of aromatic nitrogens is 3. The molecule has 3 heterocycles. The molecule has 3 aromatic heterocycles. The summed E-state index contributed by atoms with van der Waals surface area (Å²) >= 11 is 1.21. The normalized spacial score (nSPS) is 12.0. The number of nitrogens with zero attached hydrogens (tertiary/aromatic N) is 3. The van der Waals surface area contributed by atoms with Crippen LogP contribution in [0, 0.1) is 0 Å². The first-order valence-corrected chi connectivity index (χ1v) is 10.8. The van der Waals surface area contributed by atoms with E-state index in [4.69, 9.17) is 0 Å². The molecule has 5 rings (SSSR count). The van der Waals surface area contributed by atoms with Crippen LogP contribution >= 0.6 is 11.3 Å². The predicted molar refractivity (Wildman–Crippen MR) is 120 cm³/mol. The standard InChI is InChI=1S/C24H16F3N3OS/c25-24(26,27)19-7-3-2-6-17(19)18-14-32-21-13-28-30(23(31)22(18)21)12-11-16-10-9-15-5-1-4-8-20(15)29-16/h1-10,13-14H,11-12H2. The largest absolute Gasteiger partial charge is 0.417 e. The average molecular weight is 451 g/mol. The zero-order valence-corrected chi connectivity index (χ0v) is 17.5. The number of aryl methyl sites for hydroxylation is 2. The fourth-order valence-corrected chi connectivity index (χ4v) is 4.70. The Bertz CT molecular complexity index is 1500. The smallest absolute Gasteiger partial charge is 0.267 e. The zero-order valence-electron chi connectivity index (χ0n) is 16.6. The van der Waals surface area contributed by atoms with E-state index < -0.39 is 17.3 Å². The lowest BCUT2D eigenvalue weighted by molar-refractivity contribution is -0.137. The third-order valence-electron chi connectivity index (χ3n) is 5.34. The molecule has 0 fully saturated rings. The number of rotatable bonds is 4. The van der Waals surface area contributed by atoms with Crippen LogP contribution < -0.4 is 5.56 Å². The number of para-hydroxylation sites is 1. The van der Waals surface area contributed by atoms with Crippen LogP contribution in [0.15, 0.2) is 77.0 Å². The molecule has 5 aromatic rings. The van der Waals surface area contributed by atoms with Gasteiger partial charge in [-0.05, 0) is 23.8 Å². The number of hydrogen-bond acceptors (Lipinski definition) is 4. The lowest BCUT2D eigenvalue weighted by atomic mass is 9.99. The molecule has 0 amide bonds. The van der Waals surface area contributed by atoms with Crippen molar-refractivity contribution >= 4 is 32.3 Å². The van der Waals surface area contributed by atoms with Crippen molar-refractivity contribution in [2.75, 3.05) is 0 Å². The first-order chi connectivity index (χ1) is 15.4. The SMILES string of the molecule is O=c1c2c(-c3ccccc3C(F)(F)F)csc2cnn1CCc1ccc2ccccc2n1. The molecule has 0 aliphatic carbocycles. The van der Waals surface area contributed by atoms with E-state index in [-0.39, 0.29) is 23.1 Å². The molecule has 8 heteroatoms. The second kappa shape index (κ2) is 7.87. The summed E-state index contributed by atoms with van der Waals surface area (Å²) in [6.07, 6.45) is -2.50. The highest BCUT2D eigenvalue weighted by atomic mass is 32.1. The van der Waals surface area contributed by atoms with Gasteiger partial charge in [-0.25, -0.2) is 4.68 Å². The molecule has 0 spiro atoms. The molecule has 0 saturated carbocycles. The number of benzene rings is 2. The van der Waals surface area contributed by atoms with Crippen LogP contribution in [0.5, 0.6) is 0 Å². The minimum Gasteiger partial charge on any atom is -0.267 e. The number of fused-ring (bicyclic) bond motifs is 2. The fraction of sp³-hybridized carbons (Fsp3) is 0.125. The maximum atomic E-state index is 13.5. The van der Waals surface area contributed by atoms with E-state index in [1.165, 1.54) is 34.3 Å². The number of hydrogen-bond donors (Lipinski definition) is 0. The molecular formula is C24H16F3N3OS. The summed E-state index contributed by atoms with van der Waals surface area (Å²) in [6.45, 7) is 0.274. The van der Waals surface area contributed by atoms with Crippen LogP contribution in [0.25, 0.3) is 32.1 Å². The van der Waals surface area contributed by atoms with Crippen molar-refractivity contribution < 1.29 is 13.2 Å². The van der Waals surface area contributed by atoms with Gasteiger partial charge in [-0.3, -0.25) is 9.78 Å². The molecule has 0 atom stereocenters. The highest BCUT2D eigenvalue weighted by molar-refractivity contribution is 7.17. The summed E-state index contributed by atoms with van der Waals surface area (Å²) in [5.74, 6) is 0. The molecule has 0 aliphatic rings. The van der Waals surface area contributed by atoms with Gasteiger partial charge in [0.15, 0.2) is 0 Å². The Morgan fingerprint density at radius 3 is 2.56 bits per heavy atom. The molecule has 4 nitrogen and oxygen atoms in total. The van der Waals surface area contributed by atoms with Crippen LogP contribution in [0.3, 0.4) is 0 Å². The maximum Gasteiger partial charge on any atom is 0.417 e. The summed E-state index contributed by atoms with van der Waals surface area (Å²) in [4.78, 5) is 17.8. The van der Waals surface area contributed by atoms with Crippen LogP contribution in [0.1, 0.15) is 11.3 Å². The summed E-state index contributed by atoms with van der Waals surface area (Å²) < 4.78 is 42.5.